The number of rotatable bonds is 4. The van der Waals surface area contributed by atoms with E-state index in [1.165, 1.54) is 12.1 Å². The standard InChI is InChI=1S/C20H16ClFN2O2/c1-12-9-14(11-23-16-5-3-15(22)4-6-16)13(2)24(12)17-7-8-19(21)18(10-17)20(25)26/h3-11H,1-2H3,(H,25,26). The van der Waals surface area contributed by atoms with Crippen molar-refractivity contribution in [2.45, 2.75) is 13.8 Å². The molecule has 3 rings (SSSR count). The van der Waals surface area contributed by atoms with Crippen molar-refractivity contribution in [2.75, 3.05) is 0 Å². The molecule has 0 radical (unpaired) electrons. The topological polar surface area (TPSA) is 54.6 Å². The van der Waals surface area contributed by atoms with Gasteiger partial charge in [0.1, 0.15) is 5.82 Å². The van der Waals surface area contributed by atoms with Gasteiger partial charge in [0.15, 0.2) is 0 Å². The van der Waals surface area contributed by atoms with E-state index >= 15 is 0 Å². The van der Waals surface area contributed by atoms with E-state index in [0.717, 1.165) is 17.0 Å². The highest BCUT2D eigenvalue weighted by Gasteiger charge is 2.14. The van der Waals surface area contributed by atoms with Gasteiger partial charge in [0.25, 0.3) is 0 Å². The molecule has 4 nitrogen and oxygen atoms in total. The Morgan fingerprint density at radius 1 is 1.15 bits per heavy atom. The Balaban J connectivity index is 1.99. The SMILES string of the molecule is Cc1cc(C=Nc2ccc(F)cc2)c(C)n1-c1ccc(Cl)c(C(=O)O)c1. The van der Waals surface area contributed by atoms with Gasteiger partial charge in [-0.05, 0) is 62.4 Å². The van der Waals surface area contributed by atoms with E-state index in [1.807, 2.05) is 24.5 Å². The highest BCUT2D eigenvalue weighted by atomic mass is 35.5. The summed E-state index contributed by atoms with van der Waals surface area (Å²) in [6, 6.07) is 12.8. The van der Waals surface area contributed by atoms with Gasteiger partial charge in [-0.15, -0.1) is 0 Å². The summed E-state index contributed by atoms with van der Waals surface area (Å²) in [4.78, 5) is 15.7. The maximum Gasteiger partial charge on any atom is 0.337 e. The number of aliphatic imine (C=N–C) groups is 1. The van der Waals surface area contributed by atoms with E-state index in [9.17, 15) is 14.3 Å². The molecule has 0 aliphatic carbocycles. The predicted octanol–water partition coefficient (Wildman–Crippen LogP) is 5.34. The average Bonchev–Trinajstić information content (AvgIpc) is 2.89. The van der Waals surface area contributed by atoms with E-state index in [1.54, 1.807) is 36.5 Å². The number of benzene rings is 2. The zero-order valence-electron chi connectivity index (χ0n) is 14.2. The van der Waals surface area contributed by atoms with Crippen molar-refractivity contribution in [1.29, 1.82) is 0 Å². The van der Waals surface area contributed by atoms with Crippen LogP contribution in [0.15, 0.2) is 53.5 Å². The lowest BCUT2D eigenvalue weighted by molar-refractivity contribution is 0.0697. The van der Waals surface area contributed by atoms with E-state index in [4.69, 9.17) is 11.6 Å². The van der Waals surface area contributed by atoms with E-state index in [-0.39, 0.29) is 16.4 Å². The zero-order valence-corrected chi connectivity index (χ0v) is 15.0. The van der Waals surface area contributed by atoms with Crippen molar-refractivity contribution >= 4 is 29.5 Å². The fourth-order valence-electron chi connectivity index (χ4n) is 2.80. The predicted molar refractivity (Wildman–Crippen MR) is 101 cm³/mol. The number of aromatic nitrogens is 1. The summed E-state index contributed by atoms with van der Waals surface area (Å²) in [5.41, 5.74) is 4.14. The van der Waals surface area contributed by atoms with Crippen LogP contribution in [0.5, 0.6) is 0 Å². The van der Waals surface area contributed by atoms with E-state index in [2.05, 4.69) is 4.99 Å². The number of nitrogens with zero attached hydrogens (tertiary/aromatic N) is 2. The molecule has 0 unspecified atom stereocenters. The van der Waals surface area contributed by atoms with Crippen LogP contribution in [-0.4, -0.2) is 21.9 Å². The maximum atomic E-state index is 13.0. The summed E-state index contributed by atoms with van der Waals surface area (Å²) in [5.74, 6) is -1.38. The molecule has 132 valence electrons. The van der Waals surface area contributed by atoms with Crippen molar-refractivity contribution in [3.63, 3.8) is 0 Å². The Bertz CT molecular complexity index is 1010. The zero-order chi connectivity index (χ0) is 18.8. The van der Waals surface area contributed by atoms with Crippen molar-refractivity contribution in [3.8, 4) is 5.69 Å². The molecule has 1 heterocycles. The molecular formula is C20H16ClFN2O2. The fourth-order valence-corrected chi connectivity index (χ4v) is 3.00. The second-order valence-electron chi connectivity index (χ2n) is 5.87. The molecule has 0 bridgehead atoms. The number of hydrogen-bond donors (Lipinski definition) is 1. The third-order valence-electron chi connectivity index (χ3n) is 4.09. The largest absolute Gasteiger partial charge is 0.478 e. The van der Waals surface area contributed by atoms with Gasteiger partial charge in [0.05, 0.1) is 16.3 Å². The summed E-state index contributed by atoms with van der Waals surface area (Å²) in [6.07, 6.45) is 1.71. The lowest BCUT2D eigenvalue weighted by Crippen LogP contribution is -2.03. The maximum absolute atomic E-state index is 13.0. The van der Waals surface area contributed by atoms with Crippen LogP contribution in [0.3, 0.4) is 0 Å². The van der Waals surface area contributed by atoms with Gasteiger partial charge in [0.2, 0.25) is 0 Å². The molecule has 1 aromatic heterocycles. The van der Waals surface area contributed by atoms with Crippen LogP contribution in [-0.2, 0) is 0 Å². The van der Waals surface area contributed by atoms with E-state index < -0.39 is 5.97 Å². The molecule has 0 aliphatic heterocycles. The van der Waals surface area contributed by atoms with Crippen LogP contribution >= 0.6 is 11.6 Å². The fraction of sp³-hybridized carbons (Fsp3) is 0.100. The molecule has 0 aliphatic rings. The van der Waals surface area contributed by atoms with Crippen LogP contribution in [0.1, 0.15) is 27.3 Å². The Morgan fingerprint density at radius 3 is 2.50 bits per heavy atom. The normalized spacial score (nSPS) is 11.2. The third-order valence-corrected chi connectivity index (χ3v) is 4.42. The van der Waals surface area contributed by atoms with Crippen LogP contribution < -0.4 is 0 Å². The molecule has 0 atom stereocenters. The van der Waals surface area contributed by atoms with Gasteiger partial charge in [-0.3, -0.25) is 4.99 Å². The second-order valence-corrected chi connectivity index (χ2v) is 6.27. The first-order valence-electron chi connectivity index (χ1n) is 7.88. The highest BCUT2D eigenvalue weighted by molar-refractivity contribution is 6.33. The second kappa shape index (κ2) is 7.14. The van der Waals surface area contributed by atoms with Gasteiger partial charge in [-0.2, -0.15) is 0 Å². The van der Waals surface area contributed by atoms with Crippen molar-refractivity contribution in [2.24, 2.45) is 4.99 Å². The summed E-state index contributed by atoms with van der Waals surface area (Å²) in [7, 11) is 0. The number of carboxylic acids is 1. The number of aromatic carboxylic acids is 1. The minimum absolute atomic E-state index is 0.0539. The molecule has 3 aromatic rings. The molecule has 0 saturated carbocycles. The van der Waals surface area contributed by atoms with Gasteiger partial charge >= 0.3 is 5.97 Å². The molecule has 0 spiro atoms. The van der Waals surface area contributed by atoms with Gasteiger partial charge in [-0.1, -0.05) is 11.6 Å². The molecule has 0 amide bonds. The number of carboxylic acid groups (broad SMARTS) is 1. The minimum atomic E-state index is -1.07. The first-order valence-corrected chi connectivity index (χ1v) is 8.26. The lowest BCUT2D eigenvalue weighted by atomic mass is 10.2. The average molecular weight is 371 g/mol. The Kier molecular flexibility index (Phi) is 4.91. The Labute approximate surface area is 155 Å². The first-order chi connectivity index (χ1) is 12.4. The third kappa shape index (κ3) is 3.53. The smallest absolute Gasteiger partial charge is 0.337 e. The van der Waals surface area contributed by atoms with Crippen LogP contribution in [0, 0.1) is 19.7 Å². The highest BCUT2D eigenvalue weighted by Crippen LogP contribution is 2.25. The molecule has 26 heavy (non-hydrogen) atoms. The quantitative estimate of drug-likeness (QED) is 0.630. The summed E-state index contributed by atoms with van der Waals surface area (Å²) in [5, 5.41) is 9.47. The molecule has 6 heteroatoms. The van der Waals surface area contributed by atoms with Crippen molar-refractivity contribution < 1.29 is 14.3 Å². The molecular weight excluding hydrogens is 355 g/mol. The number of halogens is 2. The molecule has 2 aromatic carbocycles. The first kappa shape index (κ1) is 17.9. The molecule has 0 saturated heterocycles. The molecule has 0 fully saturated rings. The van der Waals surface area contributed by atoms with Gasteiger partial charge in [-0.25, -0.2) is 9.18 Å². The van der Waals surface area contributed by atoms with Crippen molar-refractivity contribution in [3.05, 3.63) is 81.9 Å². The summed E-state index contributed by atoms with van der Waals surface area (Å²) < 4.78 is 14.9. The van der Waals surface area contributed by atoms with Gasteiger partial charge < -0.3 is 9.67 Å². The number of aryl methyl sites for hydroxylation is 1. The Hall–Kier alpha value is -2.92. The lowest BCUT2D eigenvalue weighted by Gasteiger charge is -2.11. The number of hydrogen-bond acceptors (Lipinski definition) is 2. The monoisotopic (exact) mass is 370 g/mol. The minimum Gasteiger partial charge on any atom is -0.478 e. The Morgan fingerprint density at radius 2 is 1.85 bits per heavy atom. The summed E-state index contributed by atoms with van der Waals surface area (Å²) in [6.45, 7) is 3.85. The van der Waals surface area contributed by atoms with Gasteiger partial charge in [0, 0.05) is 28.9 Å². The van der Waals surface area contributed by atoms with Crippen LogP contribution in [0.25, 0.3) is 5.69 Å². The number of carbonyl (C=O) groups is 1. The van der Waals surface area contributed by atoms with Crippen LogP contribution in [0.2, 0.25) is 5.02 Å². The van der Waals surface area contributed by atoms with E-state index in [0.29, 0.717) is 11.4 Å². The van der Waals surface area contributed by atoms with Crippen molar-refractivity contribution in [1.82, 2.24) is 4.57 Å². The van der Waals surface area contributed by atoms with Crippen LogP contribution in [0.4, 0.5) is 10.1 Å². The summed E-state index contributed by atoms with van der Waals surface area (Å²) >= 11 is 5.95. The molecule has 1 N–H and O–H groups in total.